The molecule has 0 saturated carbocycles. The first-order valence-corrected chi connectivity index (χ1v) is 17.5. The van der Waals surface area contributed by atoms with E-state index in [1.54, 1.807) is 6.08 Å². The zero-order chi connectivity index (χ0) is 30.9. The van der Waals surface area contributed by atoms with Crippen LogP contribution in [0.15, 0.2) is 48.6 Å². The Morgan fingerprint density at radius 1 is 0.571 bits per heavy atom. The molecule has 0 aliphatic heterocycles. The molecule has 0 aliphatic carbocycles. The first kappa shape index (κ1) is 40.3. The van der Waals surface area contributed by atoms with Gasteiger partial charge in [0.25, 0.3) is 0 Å². The molecule has 3 unspecified atom stereocenters. The molecule has 42 heavy (non-hydrogen) atoms. The van der Waals surface area contributed by atoms with E-state index in [2.05, 4.69) is 55.6 Å². The summed E-state index contributed by atoms with van der Waals surface area (Å²) in [5, 5.41) is 32.8. The Balaban J connectivity index is 3.88. The van der Waals surface area contributed by atoms with Crippen molar-refractivity contribution < 1.29 is 20.1 Å². The maximum Gasteiger partial charge on any atom is 0.249 e. The van der Waals surface area contributed by atoms with Crippen LogP contribution in [0.1, 0.15) is 155 Å². The topological polar surface area (TPSA) is 89.8 Å². The zero-order valence-corrected chi connectivity index (χ0v) is 27.4. The summed E-state index contributed by atoms with van der Waals surface area (Å²) >= 11 is 0. The highest BCUT2D eigenvalue weighted by Gasteiger charge is 2.22. The third kappa shape index (κ3) is 27.2. The van der Waals surface area contributed by atoms with Crippen molar-refractivity contribution in [2.24, 2.45) is 0 Å². The van der Waals surface area contributed by atoms with Gasteiger partial charge in [-0.1, -0.05) is 133 Å². The number of carbonyl (C=O) groups excluding carboxylic acids is 1. The predicted molar refractivity (Wildman–Crippen MR) is 181 cm³/mol. The first-order valence-electron chi connectivity index (χ1n) is 17.5. The Bertz CT molecular complexity index is 700. The van der Waals surface area contributed by atoms with E-state index in [-0.39, 0.29) is 6.61 Å². The molecule has 0 fully saturated rings. The van der Waals surface area contributed by atoms with Gasteiger partial charge < -0.3 is 20.6 Å². The Morgan fingerprint density at radius 3 is 1.50 bits per heavy atom. The molecule has 244 valence electrons. The Labute approximate surface area is 259 Å². The summed E-state index contributed by atoms with van der Waals surface area (Å²) in [6.07, 6.45) is 39.8. The third-order valence-electron chi connectivity index (χ3n) is 7.62. The molecule has 4 N–H and O–H groups in total. The van der Waals surface area contributed by atoms with Gasteiger partial charge in [0.1, 0.15) is 6.10 Å². The Kier molecular flexibility index (Phi) is 30.9. The van der Waals surface area contributed by atoms with Gasteiger partial charge in [0.15, 0.2) is 0 Å². The minimum atomic E-state index is -1.12. The maximum absolute atomic E-state index is 12.4. The first-order chi connectivity index (χ1) is 20.6. The van der Waals surface area contributed by atoms with Gasteiger partial charge in [0.2, 0.25) is 5.91 Å². The van der Waals surface area contributed by atoms with Crippen molar-refractivity contribution >= 4 is 5.91 Å². The van der Waals surface area contributed by atoms with E-state index in [0.29, 0.717) is 6.42 Å². The van der Waals surface area contributed by atoms with Crippen LogP contribution >= 0.6 is 0 Å². The number of hydrogen-bond acceptors (Lipinski definition) is 4. The van der Waals surface area contributed by atoms with Crippen LogP contribution in [-0.4, -0.2) is 46.1 Å². The molecule has 5 heteroatoms. The van der Waals surface area contributed by atoms with Gasteiger partial charge in [-0.15, -0.1) is 0 Å². The van der Waals surface area contributed by atoms with Crippen LogP contribution in [0.25, 0.3) is 0 Å². The number of unbranched alkanes of at least 4 members (excludes halogenated alkanes) is 16. The summed E-state index contributed by atoms with van der Waals surface area (Å²) < 4.78 is 0. The molecule has 0 aromatic rings. The second-order valence-corrected chi connectivity index (χ2v) is 11.7. The standard InChI is InChI=1S/C37H67NO4/c1-3-5-7-9-11-13-15-17-18-20-22-24-26-28-30-32-36(41)37(42)38-34(33-39)35(40)31-29-27-25-23-21-19-16-14-12-10-8-6-4-2/h12,14,18,20-21,23,29,31,34-36,39-41H,3-11,13,15-17,19,22,24-28,30,32-33H2,1-2H3,(H,38,42)/b14-12+,20-18-,23-21+,31-29+. The van der Waals surface area contributed by atoms with E-state index in [4.69, 9.17) is 0 Å². The third-order valence-corrected chi connectivity index (χ3v) is 7.62. The van der Waals surface area contributed by atoms with E-state index >= 15 is 0 Å². The highest BCUT2D eigenvalue weighted by atomic mass is 16.3. The minimum absolute atomic E-state index is 0.387. The zero-order valence-electron chi connectivity index (χ0n) is 27.4. The summed E-state index contributed by atoms with van der Waals surface area (Å²) in [5.41, 5.74) is 0. The summed E-state index contributed by atoms with van der Waals surface area (Å²) in [5.74, 6) is -0.530. The van der Waals surface area contributed by atoms with Crippen molar-refractivity contribution in [1.29, 1.82) is 0 Å². The smallest absolute Gasteiger partial charge is 0.249 e. The molecule has 0 aromatic heterocycles. The van der Waals surface area contributed by atoms with Gasteiger partial charge >= 0.3 is 0 Å². The molecule has 0 heterocycles. The fourth-order valence-electron chi connectivity index (χ4n) is 4.80. The molecule has 0 aliphatic rings. The van der Waals surface area contributed by atoms with Gasteiger partial charge in [-0.25, -0.2) is 0 Å². The molecule has 5 nitrogen and oxygen atoms in total. The van der Waals surface area contributed by atoms with Crippen LogP contribution in [0.4, 0.5) is 0 Å². The summed E-state index contributed by atoms with van der Waals surface area (Å²) in [4.78, 5) is 12.4. The monoisotopic (exact) mass is 590 g/mol. The summed E-state index contributed by atoms with van der Waals surface area (Å²) in [7, 11) is 0. The van der Waals surface area contributed by atoms with Crippen LogP contribution < -0.4 is 5.32 Å². The van der Waals surface area contributed by atoms with Gasteiger partial charge in [0, 0.05) is 0 Å². The molecule has 0 radical (unpaired) electrons. The van der Waals surface area contributed by atoms with Crippen LogP contribution in [0.2, 0.25) is 0 Å². The number of carbonyl (C=O) groups is 1. The minimum Gasteiger partial charge on any atom is -0.394 e. The highest BCUT2D eigenvalue weighted by Crippen LogP contribution is 2.11. The van der Waals surface area contributed by atoms with Crippen molar-refractivity contribution in [3.63, 3.8) is 0 Å². The molecule has 0 saturated heterocycles. The molecule has 0 rings (SSSR count). The fraction of sp³-hybridized carbons (Fsp3) is 0.757. The molecule has 0 spiro atoms. The lowest BCUT2D eigenvalue weighted by Crippen LogP contribution is -2.48. The van der Waals surface area contributed by atoms with Crippen LogP contribution in [0.5, 0.6) is 0 Å². The molecular formula is C37H67NO4. The van der Waals surface area contributed by atoms with E-state index < -0.39 is 24.2 Å². The van der Waals surface area contributed by atoms with E-state index in [0.717, 1.165) is 57.8 Å². The molecule has 0 bridgehead atoms. The second kappa shape index (κ2) is 32.2. The molecular weight excluding hydrogens is 522 g/mol. The summed E-state index contributed by atoms with van der Waals surface area (Å²) in [6.45, 7) is 4.09. The average molecular weight is 590 g/mol. The largest absolute Gasteiger partial charge is 0.394 e. The van der Waals surface area contributed by atoms with Gasteiger partial charge in [-0.05, 0) is 70.6 Å². The highest BCUT2D eigenvalue weighted by molar-refractivity contribution is 5.80. The lowest BCUT2D eigenvalue weighted by atomic mass is 10.1. The summed E-state index contributed by atoms with van der Waals surface area (Å²) in [6, 6.07) is -0.823. The van der Waals surface area contributed by atoms with E-state index in [1.807, 2.05) is 6.08 Å². The number of allylic oxidation sites excluding steroid dienone is 7. The van der Waals surface area contributed by atoms with Crippen molar-refractivity contribution in [3.05, 3.63) is 48.6 Å². The number of aliphatic hydroxyl groups excluding tert-OH is 3. The Hall–Kier alpha value is -1.69. The van der Waals surface area contributed by atoms with Crippen molar-refractivity contribution in [2.75, 3.05) is 6.61 Å². The molecule has 0 aromatic carbocycles. The second-order valence-electron chi connectivity index (χ2n) is 11.7. The molecule has 3 atom stereocenters. The van der Waals surface area contributed by atoms with Crippen molar-refractivity contribution in [3.8, 4) is 0 Å². The molecule has 1 amide bonds. The van der Waals surface area contributed by atoms with Gasteiger partial charge in [0.05, 0.1) is 18.8 Å². The van der Waals surface area contributed by atoms with Crippen LogP contribution in [-0.2, 0) is 4.79 Å². The van der Waals surface area contributed by atoms with Crippen LogP contribution in [0, 0.1) is 0 Å². The number of hydrogen-bond donors (Lipinski definition) is 4. The normalized spacial score (nSPS) is 14.5. The van der Waals surface area contributed by atoms with Gasteiger partial charge in [-0.3, -0.25) is 4.79 Å². The van der Waals surface area contributed by atoms with E-state index in [9.17, 15) is 20.1 Å². The lowest BCUT2D eigenvalue weighted by molar-refractivity contribution is -0.131. The van der Waals surface area contributed by atoms with Crippen molar-refractivity contribution in [1.82, 2.24) is 5.32 Å². The number of nitrogens with one attached hydrogen (secondary N) is 1. The number of aliphatic hydroxyl groups is 3. The predicted octanol–water partition coefficient (Wildman–Crippen LogP) is 9.03. The lowest BCUT2D eigenvalue weighted by Gasteiger charge is -2.21. The quantitative estimate of drug-likeness (QED) is 0.0497. The number of rotatable bonds is 30. The van der Waals surface area contributed by atoms with Crippen molar-refractivity contribution in [2.45, 2.75) is 173 Å². The fourth-order valence-corrected chi connectivity index (χ4v) is 4.80. The van der Waals surface area contributed by atoms with Crippen LogP contribution in [0.3, 0.4) is 0 Å². The Morgan fingerprint density at radius 2 is 0.976 bits per heavy atom. The number of amides is 1. The maximum atomic E-state index is 12.4. The SMILES string of the molecule is CCCCC/C=C/CC/C=C/CC/C=C/C(O)C(CO)NC(=O)C(O)CCCCCC/C=C\CCCCCCCCC. The average Bonchev–Trinajstić information content (AvgIpc) is 2.99. The van der Waals surface area contributed by atoms with Gasteiger partial charge in [-0.2, -0.15) is 0 Å². The van der Waals surface area contributed by atoms with E-state index in [1.165, 1.54) is 77.0 Å².